The van der Waals surface area contributed by atoms with Crippen molar-refractivity contribution in [2.45, 2.75) is 43.2 Å². The lowest BCUT2D eigenvalue weighted by atomic mass is 10.2. The molecule has 1 aliphatic carbocycles. The lowest BCUT2D eigenvalue weighted by molar-refractivity contribution is -0.118. The molecule has 0 unspecified atom stereocenters. The minimum atomic E-state index is -0.270. The molecule has 4 rings (SSSR count). The van der Waals surface area contributed by atoms with Gasteiger partial charge in [0.2, 0.25) is 5.91 Å². The number of nitrogens with one attached hydrogen (secondary N) is 1. The Labute approximate surface area is 172 Å². The predicted octanol–water partition coefficient (Wildman–Crippen LogP) is 5.27. The lowest BCUT2D eigenvalue weighted by Crippen LogP contribution is -2.24. The van der Waals surface area contributed by atoms with Gasteiger partial charge < -0.3 is 5.32 Å². The summed E-state index contributed by atoms with van der Waals surface area (Å²) in [6.07, 6.45) is 4.84. The third-order valence-corrected chi connectivity index (χ3v) is 6.79. The first kappa shape index (κ1) is 19.2. The van der Waals surface area contributed by atoms with Gasteiger partial charge in [0.1, 0.15) is 5.82 Å². The molecule has 0 bridgehead atoms. The Morgan fingerprint density at radius 2 is 2.04 bits per heavy atom. The Balaban J connectivity index is 1.38. The van der Waals surface area contributed by atoms with Crippen molar-refractivity contribution >= 4 is 29.0 Å². The maximum absolute atomic E-state index is 12.9. The summed E-state index contributed by atoms with van der Waals surface area (Å²) < 4.78 is 15.1. The molecule has 146 valence electrons. The van der Waals surface area contributed by atoms with E-state index in [1.807, 2.05) is 0 Å². The normalized spacial score (nSPS) is 14.5. The van der Waals surface area contributed by atoms with Crippen LogP contribution in [-0.4, -0.2) is 21.4 Å². The molecule has 1 fully saturated rings. The summed E-state index contributed by atoms with van der Waals surface area (Å²) in [5, 5.41) is 9.84. The van der Waals surface area contributed by atoms with E-state index in [4.69, 9.17) is 5.10 Å². The molecule has 1 saturated carbocycles. The van der Waals surface area contributed by atoms with Gasteiger partial charge in [-0.2, -0.15) is 5.10 Å². The van der Waals surface area contributed by atoms with Crippen LogP contribution in [0.2, 0.25) is 0 Å². The van der Waals surface area contributed by atoms with E-state index in [-0.39, 0.29) is 11.7 Å². The molecule has 0 aliphatic heterocycles. The van der Waals surface area contributed by atoms with Crippen LogP contribution in [0.25, 0.3) is 10.6 Å². The fraction of sp³-hybridized carbons (Fsp3) is 0.333. The third kappa shape index (κ3) is 4.64. The average Bonchev–Trinajstić information content (AvgIpc) is 3.46. The summed E-state index contributed by atoms with van der Waals surface area (Å²) in [5.41, 5.74) is 2.03. The van der Waals surface area contributed by atoms with Gasteiger partial charge in [-0.25, -0.2) is 4.39 Å². The monoisotopic (exact) mass is 415 g/mol. The largest absolute Gasteiger partial charge is 0.350 e. The van der Waals surface area contributed by atoms with Gasteiger partial charge >= 0.3 is 0 Å². The van der Waals surface area contributed by atoms with Crippen molar-refractivity contribution in [1.82, 2.24) is 15.1 Å². The molecule has 1 aromatic carbocycles. The van der Waals surface area contributed by atoms with Gasteiger partial charge in [0.05, 0.1) is 34.6 Å². The molecular formula is C21H22FN3OS2. The Morgan fingerprint density at radius 3 is 2.75 bits per heavy atom. The van der Waals surface area contributed by atoms with Crippen LogP contribution in [-0.2, 0) is 11.3 Å². The van der Waals surface area contributed by atoms with Crippen LogP contribution < -0.4 is 5.32 Å². The second-order valence-electron chi connectivity index (χ2n) is 6.90. The quantitative estimate of drug-likeness (QED) is 0.535. The molecular weight excluding hydrogens is 393 g/mol. The standard InChI is InChI=1S/C21H22FN3OS2/c22-15-7-9-18(10-8-15)28-14-21(26)23-13-16-12-19(20-6-3-11-27-20)25(24-16)17-4-1-2-5-17/h3,6-12,17H,1-2,4-5,13-14H2,(H,23,26). The number of aromatic nitrogens is 2. The third-order valence-electron chi connectivity index (χ3n) is 4.88. The fourth-order valence-electron chi connectivity index (χ4n) is 3.49. The van der Waals surface area contributed by atoms with Crippen LogP contribution in [0.4, 0.5) is 4.39 Å². The van der Waals surface area contributed by atoms with E-state index in [2.05, 4.69) is 33.6 Å². The fourth-order valence-corrected chi connectivity index (χ4v) is 4.95. The van der Waals surface area contributed by atoms with E-state index in [1.165, 1.54) is 54.5 Å². The van der Waals surface area contributed by atoms with Crippen molar-refractivity contribution in [3.63, 3.8) is 0 Å². The number of amides is 1. The van der Waals surface area contributed by atoms with Crippen LogP contribution in [0.3, 0.4) is 0 Å². The van der Waals surface area contributed by atoms with Crippen LogP contribution >= 0.6 is 23.1 Å². The summed E-state index contributed by atoms with van der Waals surface area (Å²) in [5.74, 6) is -0.0251. The number of nitrogens with zero attached hydrogens (tertiary/aromatic N) is 2. The maximum Gasteiger partial charge on any atom is 0.230 e. The van der Waals surface area contributed by atoms with E-state index in [1.54, 1.807) is 23.5 Å². The van der Waals surface area contributed by atoms with Gasteiger partial charge in [-0.05, 0) is 54.6 Å². The second kappa shape index (κ2) is 8.92. The van der Waals surface area contributed by atoms with Crippen molar-refractivity contribution in [2.75, 3.05) is 5.75 Å². The molecule has 4 nitrogen and oxygen atoms in total. The minimum Gasteiger partial charge on any atom is -0.350 e. The molecule has 7 heteroatoms. The number of carbonyl (C=O) groups is 1. The van der Waals surface area contributed by atoms with E-state index >= 15 is 0 Å². The molecule has 2 aromatic heterocycles. The van der Waals surface area contributed by atoms with Crippen molar-refractivity contribution in [3.8, 4) is 10.6 Å². The molecule has 0 radical (unpaired) electrons. The number of rotatable bonds is 7. The molecule has 28 heavy (non-hydrogen) atoms. The van der Waals surface area contributed by atoms with Gasteiger partial charge in [0.25, 0.3) is 0 Å². The molecule has 3 aromatic rings. The number of thioether (sulfide) groups is 1. The van der Waals surface area contributed by atoms with Crippen molar-refractivity contribution in [1.29, 1.82) is 0 Å². The number of hydrogen-bond acceptors (Lipinski definition) is 4. The Bertz CT molecular complexity index is 916. The highest BCUT2D eigenvalue weighted by molar-refractivity contribution is 8.00. The molecule has 0 saturated heterocycles. The van der Waals surface area contributed by atoms with Crippen LogP contribution in [0, 0.1) is 5.82 Å². The molecule has 0 atom stereocenters. The van der Waals surface area contributed by atoms with Crippen LogP contribution in [0.5, 0.6) is 0 Å². The average molecular weight is 416 g/mol. The highest BCUT2D eigenvalue weighted by Crippen LogP contribution is 2.35. The van der Waals surface area contributed by atoms with Gasteiger partial charge in [-0.15, -0.1) is 23.1 Å². The summed E-state index contributed by atoms with van der Waals surface area (Å²) >= 11 is 3.11. The van der Waals surface area contributed by atoms with Crippen molar-refractivity contribution in [2.24, 2.45) is 0 Å². The van der Waals surface area contributed by atoms with E-state index in [9.17, 15) is 9.18 Å². The number of halogens is 1. The van der Waals surface area contributed by atoms with E-state index in [0.717, 1.165) is 16.3 Å². The predicted molar refractivity (Wildman–Crippen MR) is 112 cm³/mol. The number of thiophene rings is 1. The van der Waals surface area contributed by atoms with Gasteiger partial charge in [-0.1, -0.05) is 18.9 Å². The maximum atomic E-state index is 12.9. The lowest BCUT2D eigenvalue weighted by Gasteiger charge is -2.13. The summed E-state index contributed by atoms with van der Waals surface area (Å²) in [4.78, 5) is 14.3. The van der Waals surface area contributed by atoms with Crippen LogP contribution in [0.15, 0.2) is 52.7 Å². The smallest absolute Gasteiger partial charge is 0.230 e. The first-order valence-corrected chi connectivity index (χ1v) is 11.3. The molecule has 1 N–H and O–H groups in total. The van der Waals surface area contributed by atoms with Crippen molar-refractivity contribution in [3.05, 3.63) is 59.4 Å². The summed E-state index contributed by atoms with van der Waals surface area (Å²) in [6, 6.07) is 12.9. The minimum absolute atomic E-state index is 0.0533. The van der Waals surface area contributed by atoms with Gasteiger partial charge in [0, 0.05) is 4.90 Å². The highest BCUT2D eigenvalue weighted by Gasteiger charge is 2.22. The highest BCUT2D eigenvalue weighted by atomic mass is 32.2. The topological polar surface area (TPSA) is 46.9 Å². The number of carbonyl (C=O) groups excluding carboxylic acids is 1. The molecule has 1 aliphatic rings. The van der Waals surface area contributed by atoms with E-state index in [0.29, 0.717) is 18.3 Å². The number of benzene rings is 1. The summed E-state index contributed by atoms with van der Waals surface area (Å²) in [6.45, 7) is 0.418. The molecule has 2 heterocycles. The van der Waals surface area contributed by atoms with Gasteiger partial charge in [0.15, 0.2) is 0 Å². The Hall–Kier alpha value is -2.12. The molecule has 0 spiro atoms. The SMILES string of the molecule is O=C(CSc1ccc(F)cc1)NCc1cc(-c2cccs2)n(C2CCCC2)n1. The Morgan fingerprint density at radius 1 is 1.25 bits per heavy atom. The zero-order valence-corrected chi connectivity index (χ0v) is 17.1. The summed E-state index contributed by atoms with van der Waals surface area (Å²) in [7, 11) is 0. The van der Waals surface area contributed by atoms with Crippen LogP contribution in [0.1, 0.15) is 37.4 Å². The number of hydrogen-bond donors (Lipinski definition) is 1. The zero-order valence-electron chi connectivity index (χ0n) is 15.4. The van der Waals surface area contributed by atoms with Crippen molar-refractivity contribution < 1.29 is 9.18 Å². The Kier molecular flexibility index (Phi) is 6.12. The van der Waals surface area contributed by atoms with E-state index < -0.39 is 0 Å². The first-order valence-electron chi connectivity index (χ1n) is 9.46. The zero-order chi connectivity index (χ0) is 19.3. The second-order valence-corrected chi connectivity index (χ2v) is 8.90. The van der Waals surface area contributed by atoms with Gasteiger partial charge in [-0.3, -0.25) is 9.48 Å². The first-order chi connectivity index (χ1) is 13.7. The molecule has 1 amide bonds.